The van der Waals surface area contributed by atoms with E-state index >= 15 is 0 Å². The van der Waals surface area contributed by atoms with Gasteiger partial charge in [0.25, 0.3) is 0 Å². The number of carbonyl (C=O) groups is 1. The van der Waals surface area contributed by atoms with Crippen molar-refractivity contribution in [2.45, 2.75) is 65.7 Å². The summed E-state index contributed by atoms with van der Waals surface area (Å²) in [5, 5.41) is 1.55. The van der Waals surface area contributed by atoms with Crippen LogP contribution in [0.1, 0.15) is 76.1 Å². The van der Waals surface area contributed by atoms with Crippen LogP contribution >= 0.6 is 0 Å². The van der Waals surface area contributed by atoms with E-state index in [0.717, 1.165) is 40.9 Å². The standard InChI is InChI=1S/C25H34FN3O2/c1-14(2)23-22-13-20(16(4)10-15(3)11-17(5)30)21-12-18(26)8-9-19(21)24(22)28-25(27-23)29(6)31-7/h8-9,12,14-16,20H,10-11,13H2,1-7H3/t15-,16+,20+/m1/s1. The van der Waals surface area contributed by atoms with Crippen LogP contribution in [-0.4, -0.2) is 29.9 Å². The molecule has 0 spiro atoms. The summed E-state index contributed by atoms with van der Waals surface area (Å²) in [4.78, 5) is 26.5. The first-order valence-corrected chi connectivity index (χ1v) is 11.1. The molecule has 6 heteroatoms. The highest BCUT2D eigenvalue weighted by Crippen LogP contribution is 2.46. The number of ketones is 1. The van der Waals surface area contributed by atoms with E-state index in [1.807, 2.05) is 6.07 Å². The van der Waals surface area contributed by atoms with Crippen molar-refractivity contribution >= 4 is 11.7 Å². The van der Waals surface area contributed by atoms with Gasteiger partial charge in [0.15, 0.2) is 0 Å². The fourth-order valence-electron chi connectivity index (χ4n) is 4.88. The number of hydroxylamine groups is 1. The van der Waals surface area contributed by atoms with Crippen LogP contribution in [0.4, 0.5) is 10.3 Å². The van der Waals surface area contributed by atoms with Gasteiger partial charge in [0.1, 0.15) is 11.6 Å². The highest BCUT2D eigenvalue weighted by Gasteiger charge is 2.33. The molecule has 5 nitrogen and oxygen atoms in total. The monoisotopic (exact) mass is 427 g/mol. The smallest absolute Gasteiger partial charge is 0.250 e. The zero-order valence-electron chi connectivity index (χ0n) is 19.7. The Morgan fingerprint density at radius 3 is 2.58 bits per heavy atom. The molecule has 0 amide bonds. The predicted molar refractivity (Wildman–Crippen MR) is 122 cm³/mol. The van der Waals surface area contributed by atoms with Gasteiger partial charge in [-0.25, -0.2) is 19.4 Å². The van der Waals surface area contributed by atoms with Crippen molar-refractivity contribution in [3.8, 4) is 11.3 Å². The van der Waals surface area contributed by atoms with Gasteiger partial charge in [-0.15, -0.1) is 0 Å². The van der Waals surface area contributed by atoms with E-state index in [1.165, 1.54) is 6.07 Å². The maximum Gasteiger partial charge on any atom is 0.250 e. The number of hydrogen-bond acceptors (Lipinski definition) is 5. The summed E-state index contributed by atoms with van der Waals surface area (Å²) in [5.41, 5.74) is 4.97. The number of Topliss-reactive ketones (excluding diaryl/α,β-unsaturated/α-hetero) is 1. The molecule has 168 valence electrons. The summed E-state index contributed by atoms with van der Waals surface area (Å²) in [6.45, 7) is 10.2. The molecular weight excluding hydrogens is 393 g/mol. The van der Waals surface area contributed by atoms with Crippen LogP contribution in [-0.2, 0) is 16.1 Å². The Morgan fingerprint density at radius 2 is 1.97 bits per heavy atom. The molecule has 1 aromatic carbocycles. The number of rotatable bonds is 8. The van der Waals surface area contributed by atoms with Crippen molar-refractivity contribution < 1.29 is 14.0 Å². The van der Waals surface area contributed by atoms with Crippen LogP contribution < -0.4 is 5.06 Å². The van der Waals surface area contributed by atoms with Gasteiger partial charge in [-0.05, 0) is 67.2 Å². The number of nitrogens with zero attached hydrogens (tertiary/aromatic N) is 3. The molecule has 1 aliphatic carbocycles. The summed E-state index contributed by atoms with van der Waals surface area (Å²) in [7, 11) is 3.36. The predicted octanol–water partition coefficient (Wildman–Crippen LogP) is 5.68. The largest absolute Gasteiger partial charge is 0.300 e. The zero-order chi connectivity index (χ0) is 22.9. The second-order valence-corrected chi connectivity index (χ2v) is 9.34. The van der Waals surface area contributed by atoms with Crippen molar-refractivity contribution in [3.63, 3.8) is 0 Å². The molecule has 1 aromatic heterocycles. The van der Waals surface area contributed by atoms with E-state index in [-0.39, 0.29) is 23.4 Å². The second-order valence-electron chi connectivity index (χ2n) is 9.34. The van der Waals surface area contributed by atoms with Crippen molar-refractivity contribution in [2.24, 2.45) is 11.8 Å². The molecule has 0 radical (unpaired) electrons. The van der Waals surface area contributed by atoms with Gasteiger partial charge >= 0.3 is 0 Å². The molecule has 0 fully saturated rings. The lowest BCUT2D eigenvalue weighted by Crippen LogP contribution is -2.25. The van der Waals surface area contributed by atoms with Gasteiger partial charge in [-0.2, -0.15) is 0 Å². The van der Waals surface area contributed by atoms with Crippen molar-refractivity contribution in [3.05, 3.63) is 40.8 Å². The van der Waals surface area contributed by atoms with E-state index in [2.05, 4.69) is 27.7 Å². The Hall–Kier alpha value is -2.34. The summed E-state index contributed by atoms with van der Waals surface area (Å²) < 4.78 is 14.3. The third-order valence-electron chi connectivity index (χ3n) is 6.32. The van der Waals surface area contributed by atoms with Gasteiger partial charge in [-0.1, -0.05) is 27.7 Å². The van der Waals surface area contributed by atoms with Crippen molar-refractivity contribution in [1.82, 2.24) is 9.97 Å². The van der Waals surface area contributed by atoms with Crippen LogP contribution in [0.15, 0.2) is 18.2 Å². The lowest BCUT2D eigenvalue weighted by molar-refractivity contribution is -0.117. The van der Waals surface area contributed by atoms with Gasteiger partial charge in [0.2, 0.25) is 5.95 Å². The minimum Gasteiger partial charge on any atom is -0.300 e. The number of fused-ring (bicyclic) bond motifs is 3. The Kier molecular flexibility index (Phi) is 7.10. The number of hydrogen-bond donors (Lipinski definition) is 0. The van der Waals surface area contributed by atoms with Gasteiger partial charge in [0, 0.05) is 24.6 Å². The molecule has 0 aliphatic heterocycles. The number of halogens is 1. The quantitative estimate of drug-likeness (QED) is 0.507. The Morgan fingerprint density at radius 1 is 1.26 bits per heavy atom. The molecule has 2 aromatic rings. The fraction of sp³-hybridized carbons (Fsp3) is 0.560. The average Bonchev–Trinajstić information content (AvgIpc) is 2.70. The van der Waals surface area contributed by atoms with Crippen LogP contribution in [0.2, 0.25) is 0 Å². The number of anilines is 1. The summed E-state index contributed by atoms with van der Waals surface area (Å²) in [5.74, 6) is 1.44. The van der Waals surface area contributed by atoms with E-state index in [1.54, 1.807) is 32.2 Å². The summed E-state index contributed by atoms with van der Waals surface area (Å²) >= 11 is 0. The lowest BCUT2D eigenvalue weighted by atomic mass is 9.71. The molecule has 0 N–H and O–H groups in total. The minimum absolute atomic E-state index is 0.153. The number of aromatic nitrogens is 2. The lowest BCUT2D eigenvalue weighted by Gasteiger charge is -2.34. The third-order valence-corrected chi connectivity index (χ3v) is 6.32. The SMILES string of the molecule is CON(C)c1nc2c(c(C(C)C)n1)C[C@@H]([C@@H](C)C[C@@H](C)CC(C)=O)c1cc(F)ccc1-2. The fourth-order valence-corrected chi connectivity index (χ4v) is 4.88. The zero-order valence-corrected chi connectivity index (χ0v) is 19.7. The first-order valence-electron chi connectivity index (χ1n) is 11.1. The molecule has 0 saturated heterocycles. The van der Waals surface area contributed by atoms with Crippen LogP contribution in [0.25, 0.3) is 11.3 Å². The minimum atomic E-state index is -0.233. The maximum atomic E-state index is 14.3. The first-order chi connectivity index (χ1) is 14.6. The van der Waals surface area contributed by atoms with Gasteiger partial charge in [-0.3, -0.25) is 4.84 Å². The normalized spacial score (nSPS) is 17.1. The van der Waals surface area contributed by atoms with E-state index < -0.39 is 0 Å². The van der Waals surface area contributed by atoms with E-state index in [4.69, 9.17) is 14.8 Å². The highest BCUT2D eigenvalue weighted by atomic mass is 19.1. The van der Waals surface area contributed by atoms with Crippen LogP contribution in [0.3, 0.4) is 0 Å². The molecule has 0 unspecified atom stereocenters. The Bertz CT molecular complexity index is 960. The maximum absolute atomic E-state index is 14.3. The first kappa shape index (κ1) is 23.3. The molecule has 31 heavy (non-hydrogen) atoms. The molecule has 3 rings (SSSR count). The van der Waals surface area contributed by atoms with E-state index in [9.17, 15) is 9.18 Å². The van der Waals surface area contributed by atoms with Crippen LogP contribution in [0.5, 0.6) is 0 Å². The Balaban J connectivity index is 2.10. The number of benzene rings is 1. The van der Waals surface area contributed by atoms with E-state index in [0.29, 0.717) is 24.2 Å². The van der Waals surface area contributed by atoms with Crippen molar-refractivity contribution in [2.75, 3.05) is 19.2 Å². The molecule has 0 saturated carbocycles. The van der Waals surface area contributed by atoms with Gasteiger partial charge < -0.3 is 4.79 Å². The molecule has 1 aliphatic rings. The molecule has 1 heterocycles. The summed E-state index contributed by atoms with van der Waals surface area (Å²) in [6, 6.07) is 5.01. The second kappa shape index (κ2) is 9.43. The van der Waals surface area contributed by atoms with Gasteiger partial charge in [0.05, 0.1) is 18.5 Å². The summed E-state index contributed by atoms with van der Waals surface area (Å²) in [6.07, 6.45) is 2.26. The Labute approximate surface area is 185 Å². The highest BCUT2D eigenvalue weighted by molar-refractivity contribution is 5.75. The number of carbonyl (C=O) groups excluding carboxylic acids is 1. The van der Waals surface area contributed by atoms with Crippen LogP contribution in [0, 0.1) is 17.7 Å². The third kappa shape index (κ3) is 4.95. The van der Waals surface area contributed by atoms with Crippen molar-refractivity contribution in [1.29, 1.82) is 0 Å². The average molecular weight is 428 g/mol. The molecule has 3 atom stereocenters. The molecular formula is C25H34FN3O2. The topological polar surface area (TPSA) is 55.3 Å². The molecule has 0 bridgehead atoms.